The second-order valence-corrected chi connectivity index (χ2v) is 5.82. The summed E-state index contributed by atoms with van der Waals surface area (Å²) in [6, 6.07) is 0. The lowest BCUT2D eigenvalue weighted by Crippen LogP contribution is -2.49. The zero-order valence-electron chi connectivity index (χ0n) is 12.6. The molecule has 0 aromatic heterocycles. The number of rotatable bonds is 2. The Hall–Kier alpha value is -1.31. The molecule has 2 rings (SSSR count). The van der Waals surface area contributed by atoms with Crippen LogP contribution < -0.4 is 0 Å². The number of hydrogen-bond donors (Lipinski definition) is 0. The fourth-order valence-electron chi connectivity index (χ4n) is 3.08. The summed E-state index contributed by atoms with van der Waals surface area (Å²) in [5.41, 5.74) is 0. The summed E-state index contributed by atoms with van der Waals surface area (Å²) in [6.45, 7) is 1.23. The molecule has 126 valence electrons. The first-order valence-corrected chi connectivity index (χ1v) is 7.50. The largest absolute Gasteiger partial charge is 0.471 e. The van der Waals surface area contributed by atoms with Gasteiger partial charge in [-0.05, 0) is 25.7 Å². The van der Waals surface area contributed by atoms with Crippen LogP contribution in [0.5, 0.6) is 0 Å². The number of likely N-dealkylation sites (tertiary alicyclic amines) is 2. The van der Waals surface area contributed by atoms with Gasteiger partial charge in [0.25, 0.3) is 0 Å². The molecule has 0 aromatic rings. The smallest absolute Gasteiger partial charge is 0.381 e. The lowest BCUT2D eigenvalue weighted by Gasteiger charge is -2.37. The van der Waals surface area contributed by atoms with Gasteiger partial charge in [0, 0.05) is 39.2 Å². The quantitative estimate of drug-likeness (QED) is 0.773. The van der Waals surface area contributed by atoms with Gasteiger partial charge < -0.3 is 14.5 Å². The molecule has 0 radical (unpaired) electrons. The standard InChI is InChI=1S/C14H21F3N2O3/c1-22-11-4-8-18(9-5-11)12(20)10-2-6-19(7-3-10)13(21)14(15,16)17/h10-11H,2-9H2,1H3. The second-order valence-electron chi connectivity index (χ2n) is 5.82. The molecule has 2 aliphatic heterocycles. The molecule has 0 N–H and O–H groups in total. The van der Waals surface area contributed by atoms with E-state index < -0.39 is 12.1 Å². The zero-order chi connectivity index (χ0) is 16.3. The molecule has 0 aromatic carbocycles. The van der Waals surface area contributed by atoms with Gasteiger partial charge in [-0.15, -0.1) is 0 Å². The molecule has 0 saturated carbocycles. The minimum atomic E-state index is -4.83. The molecule has 2 saturated heterocycles. The van der Waals surface area contributed by atoms with E-state index >= 15 is 0 Å². The summed E-state index contributed by atoms with van der Waals surface area (Å²) in [7, 11) is 1.65. The molecule has 0 aliphatic carbocycles. The predicted molar refractivity (Wildman–Crippen MR) is 72.0 cm³/mol. The highest BCUT2D eigenvalue weighted by molar-refractivity contribution is 5.83. The van der Waals surface area contributed by atoms with Crippen molar-refractivity contribution in [2.45, 2.75) is 38.0 Å². The van der Waals surface area contributed by atoms with Crippen LogP contribution >= 0.6 is 0 Å². The van der Waals surface area contributed by atoms with Crippen LogP contribution in [-0.2, 0) is 14.3 Å². The van der Waals surface area contributed by atoms with Gasteiger partial charge in [-0.2, -0.15) is 13.2 Å². The molecular weight excluding hydrogens is 301 g/mol. The van der Waals surface area contributed by atoms with Crippen molar-refractivity contribution in [1.29, 1.82) is 0 Å². The normalized spacial score (nSPS) is 22.0. The highest BCUT2D eigenvalue weighted by Gasteiger charge is 2.44. The molecule has 0 atom stereocenters. The first-order valence-electron chi connectivity index (χ1n) is 7.50. The number of piperidine rings is 2. The average molecular weight is 322 g/mol. The summed E-state index contributed by atoms with van der Waals surface area (Å²) in [5, 5.41) is 0. The summed E-state index contributed by atoms with van der Waals surface area (Å²) in [4.78, 5) is 26.1. The van der Waals surface area contributed by atoms with E-state index in [9.17, 15) is 22.8 Å². The van der Waals surface area contributed by atoms with Gasteiger partial charge in [-0.3, -0.25) is 9.59 Å². The Morgan fingerprint density at radius 3 is 1.91 bits per heavy atom. The number of halogens is 3. The van der Waals surface area contributed by atoms with Crippen LogP contribution in [0.1, 0.15) is 25.7 Å². The number of alkyl halides is 3. The fourth-order valence-corrected chi connectivity index (χ4v) is 3.08. The van der Waals surface area contributed by atoms with Crippen LogP contribution in [0.3, 0.4) is 0 Å². The summed E-state index contributed by atoms with van der Waals surface area (Å²) >= 11 is 0. The van der Waals surface area contributed by atoms with Crippen LogP contribution in [0.25, 0.3) is 0 Å². The van der Waals surface area contributed by atoms with Gasteiger partial charge in [0.15, 0.2) is 0 Å². The molecule has 2 aliphatic rings. The predicted octanol–water partition coefficient (Wildman–Crippen LogP) is 1.42. The Labute approximate surface area is 127 Å². The lowest BCUT2D eigenvalue weighted by molar-refractivity contribution is -0.187. The van der Waals surface area contributed by atoms with Crippen molar-refractivity contribution >= 4 is 11.8 Å². The van der Waals surface area contributed by atoms with Crippen molar-refractivity contribution in [2.24, 2.45) is 5.92 Å². The van der Waals surface area contributed by atoms with Crippen molar-refractivity contribution in [3.63, 3.8) is 0 Å². The van der Waals surface area contributed by atoms with E-state index in [2.05, 4.69) is 0 Å². The third kappa shape index (κ3) is 3.91. The van der Waals surface area contributed by atoms with E-state index in [1.165, 1.54) is 0 Å². The maximum atomic E-state index is 12.4. The molecule has 8 heteroatoms. The van der Waals surface area contributed by atoms with Gasteiger partial charge in [0.2, 0.25) is 5.91 Å². The highest BCUT2D eigenvalue weighted by atomic mass is 19.4. The molecule has 0 bridgehead atoms. The SMILES string of the molecule is COC1CCN(C(=O)C2CCN(C(=O)C(F)(F)F)CC2)CC1. The fraction of sp³-hybridized carbons (Fsp3) is 0.857. The summed E-state index contributed by atoms with van der Waals surface area (Å²) in [5.74, 6) is -2.09. The Morgan fingerprint density at radius 2 is 1.45 bits per heavy atom. The van der Waals surface area contributed by atoms with Crippen molar-refractivity contribution in [1.82, 2.24) is 9.80 Å². The average Bonchev–Trinajstić information content (AvgIpc) is 2.53. The van der Waals surface area contributed by atoms with Crippen LogP contribution in [-0.4, -0.2) is 67.2 Å². The van der Waals surface area contributed by atoms with Crippen molar-refractivity contribution in [3.05, 3.63) is 0 Å². The van der Waals surface area contributed by atoms with Crippen molar-refractivity contribution in [3.8, 4) is 0 Å². The van der Waals surface area contributed by atoms with Gasteiger partial charge in [0.05, 0.1) is 6.10 Å². The van der Waals surface area contributed by atoms with E-state index in [1.54, 1.807) is 12.0 Å². The van der Waals surface area contributed by atoms with Crippen LogP contribution in [0.4, 0.5) is 13.2 Å². The van der Waals surface area contributed by atoms with E-state index in [0.717, 1.165) is 17.7 Å². The van der Waals surface area contributed by atoms with E-state index in [1.807, 2.05) is 0 Å². The minimum absolute atomic E-state index is 0.00587. The Kier molecular flexibility index (Phi) is 5.31. The molecule has 2 fully saturated rings. The van der Waals surface area contributed by atoms with E-state index in [-0.39, 0.29) is 31.0 Å². The third-order valence-corrected chi connectivity index (χ3v) is 4.46. The summed E-state index contributed by atoms with van der Waals surface area (Å²) < 4.78 is 42.4. The van der Waals surface area contributed by atoms with Crippen LogP contribution in [0.2, 0.25) is 0 Å². The lowest BCUT2D eigenvalue weighted by atomic mass is 9.94. The number of amides is 2. The Morgan fingerprint density at radius 1 is 0.955 bits per heavy atom. The minimum Gasteiger partial charge on any atom is -0.381 e. The number of methoxy groups -OCH3 is 1. The van der Waals surface area contributed by atoms with Gasteiger partial charge >= 0.3 is 12.1 Å². The molecule has 0 spiro atoms. The number of ether oxygens (including phenoxy) is 1. The molecular formula is C14H21F3N2O3. The Balaban J connectivity index is 1.82. The van der Waals surface area contributed by atoms with Gasteiger partial charge in [-0.25, -0.2) is 0 Å². The molecule has 2 heterocycles. The van der Waals surface area contributed by atoms with Crippen LogP contribution in [0.15, 0.2) is 0 Å². The van der Waals surface area contributed by atoms with Gasteiger partial charge in [0.1, 0.15) is 0 Å². The van der Waals surface area contributed by atoms with Gasteiger partial charge in [-0.1, -0.05) is 0 Å². The molecule has 0 unspecified atom stereocenters. The van der Waals surface area contributed by atoms with Crippen LogP contribution in [0, 0.1) is 5.92 Å². The first kappa shape index (κ1) is 17.1. The summed E-state index contributed by atoms with van der Waals surface area (Å²) in [6.07, 6.45) is -2.49. The molecule has 5 nitrogen and oxygen atoms in total. The number of nitrogens with zero attached hydrogens (tertiary/aromatic N) is 2. The Bertz CT molecular complexity index is 412. The second kappa shape index (κ2) is 6.85. The topological polar surface area (TPSA) is 49.9 Å². The molecule has 2 amide bonds. The number of carbonyl (C=O) groups excluding carboxylic acids is 2. The maximum absolute atomic E-state index is 12.4. The van der Waals surface area contributed by atoms with Crippen molar-refractivity contribution in [2.75, 3.05) is 33.3 Å². The van der Waals surface area contributed by atoms with E-state index in [4.69, 9.17) is 4.74 Å². The number of hydrogen-bond acceptors (Lipinski definition) is 3. The maximum Gasteiger partial charge on any atom is 0.471 e. The highest BCUT2D eigenvalue weighted by Crippen LogP contribution is 2.26. The first-order chi connectivity index (χ1) is 10.3. The van der Waals surface area contributed by atoms with E-state index in [0.29, 0.717) is 25.9 Å². The third-order valence-electron chi connectivity index (χ3n) is 4.46. The number of carbonyl (C=O) groups is 2. The monoisotopic (exact) mass is 322 g/mol. The zero-order valence-corrected chi connectivity index (χ0v) is 12.6. The molecule has 22 heavy (non-hydrogen) atoms. The van der Waals surface area contributed by atoms with Crippen molar-refractivity contribution < 1.29 is 27.5 Å².